The monoisotopic (exact) mass is 438 g/mol. The predicted octanol–water partition coefficient (Wildman–Crippen LogP) is 2.70. The second-order valence-electron chi connectivity index (χ2n) is 7.39. The largest absolute Gasteiger partial charge is 0.482 e. The molecule has 0 saturated carbocycles. The summed E-state index contributed by atoms with van der Waals surface area (Å²) in [6, 6.07) is 14.4. The van der Waals surface area contributed by atoms with Gasteiger partial charge in [0.1, 0.15) is 5.75 Å². The van der Waals surface area contributed by atoms with Gasteiger partial charge in [0.2, 0.25) is 5.62 Å². The summed E-state index contributed by atoms with van der Waals surface area (Å²) in [5.74, 6) is -0.0923. The lowest BCUT2D eigenvalue weighted by Gasteiger charge is -2.18. The second kappa shape index (κ2) is 10.8. The van der Waals surface area contributed by atoms with E-state index in [-0.39, 0.29) is 18.9 Å². The van der Waals surface area contributed by atoms with Crippen LogP contribution in [0.15, 0.2) is 48.5 Å². The van der Waals surface area contributed by atoms with Crippen molar-refractivity contribution in [1.29, 1.82) is 5.41 Å². The Hall–Kier alpha value is -3.39. The minimum absolute atomic E-state index is 0.0694. The number of hydrogen-bond donors (Lipinski definition) is 1. The fourth-order valence-electron chi connectivity index (χ4n) is 3.64. The molecule has 8 nitrogen and oxygen atoms in total. The molecular weight excluding hydrogens is 408 g/mol. The third-order valence-electron chi connectivity index (χ3n) is 5.57. The first kappa shape index (κ1) is 23.3. The number of aromatic nitrogens is 2. The topological polar surface area (TPSA) is 89.5 Å². The fourth-order valence-corrected chi connectivity index (χ4v) is 3.64. The summed E-state index contributed by atoms with van der Waals surface area (Å²) in [7, 11) is 1.30. The minimum Gasteiger partial charge on any atom is -0.482 e. The van der Waals surface area contributed by atoms with Gasteiger partial charge in [0.15, 0.2) is 12.4 Å². The minimum atomic E-state index is -0.470. The number of rotatable bonds is 11. The number of carbonyl (C=O) groups excluding carboxylic acids is 2. The van der Waals surface area contributed by atoms with Crippen molar-refractivity contribution in [2.45, 2.75) is 26.9 Å². The van der Waals surface area contributed by atoms with Gasteiger partial charge in [0.05, 0.1) is 24.7 Å². The number of Topliss-reactive ketones (excluding diaryl/α,β-unsaturated/α-hetero) is 1. The van der Waals surface area contributed by atoms with Crippen molar-refractivity contribution in [3.05, 3.63) is 59.7 Å². The SMILES string of the molecule is CCN(CC)CCn1c(=N)n(CC(=O)c2ccc(OCC(=O)OC)cc2)c2ccccc21. The van der Waals surface area contributed by atoms with Crippen molar-refractivity contribution < 1.29 is 19.1 Å². The van der Waals surface area contributed by atoms with E-state index >= 15 is 0 Å². The van der Waals surface area contributed by atoms with Crippen molar-refractivity contribution in [2.75, 3.05) is 33.4 Å². The number of imidazole rings is 1. The van der Waals surface area contributed by atoms with Gasteiger partial charge in [-0.15, -0.1) is 0 Å². The maximum atomic E-state index is 13.0. The number of ketones is 1. The van der Waals surface area contributed by atoms with E-state index in [1.165, 1.54) is 7.11 Å². The van der Waals surface area contributed by atoms with Crippen molar-refractivity contribution >= 4 is 22.8 Å². The van der Waals surface area contributed by atoms with Gasteiger partial charge in [0, 0.05) is 18.7 Å². The molecule has 1 heterocycles. The van der Waals surface area contributed by atoms with E-state index < -0.39 is 5.97 Å². The molecule has 0 unspecified atom stereocenters. The highest BCUT2D eigenvalue weighted by Gasteiger charge is 2.15. The van der Waals surface area contributed by atoms with Crippen molar-refractivity contribution in [3.8, 4) is 5.75 Å². The van der Waals surface area contributed by atoms with Gasteiger partial charge in [0.25, 0.3) is 0 Å². The molecule has 0 bridgehead atoms. The fraction of sp³-hybridized carbons (Fsp3) is 0.375. The highest BCUT2D eigenvalue weighted by Crippen LogP contribution is 2.16. The van der Waals surface area contributed by atoms with Crippen LogP contribution in [-0.4, -0.2) is 59.1 Å². The summed E-state index contributed by atoms with van der Waals surface area (Å²) in [5, 5.41) is 8.73. The zero-order chi connectivity index (χ0) is 23.1. The molecule has 2 aromatic carbocycles. The Morgan fingerprint density at radius 1 is 0.969 bits per heavy atom. The molecule has 0 aliphatic heterocycles. The number of likely N-dealkylation sites (N-methyl/N-ethyl adjacent to an activating group) is 1. The lowest BCUT2D eigenvalue weighted by atomic mass is 10.1. The molecule has 8 heteroatoms. The second-order valence-corrected chi connectivity index (χ2v) is 7.39. The predicted molar refractivity (Wildman–Crippen MR) is 122 cm³/mol. The van der Waals surface area contributed by atoms with E-state index in [1.54, 1.807) is 28.8 Å². The summed E-state index contributed by atoms with van der Waals surface area (Å²) < 4.78 is 13.6. The summed E-state index contributed by atoms with van der Waals surface area (Å²) >= 11 is 0. The van der Waals surface area contributed by atoms with Gasteiger partial charge in [-0.1, -0.05) is 26.0 Å². The number of esters is 1. The van der Waals surface area contributed by atoms with Gasteiger partial charge >= 0.3 is 5.97 Å². The zero-order valence-electron chi connectivity index (χ0n) is 18.8. The van der Waals surface area contributed by atoms with Crippen LogP contribution in [0, 0.1) is 5.41 Å². The van der Waals surface area contributed by atoms with Crippen LogP contribution in [0.3, 0.4) is 0 Å². The zero-order valence-corrected chi connectivity index (χ0v) is 18.8. The molecule has 0 atom stereocenters. The van der Waals surface area contributed by atoms with Gasteiger partial charge in [-0.2, -0.15) is 0 Å². The van der Waals surface area contributed by atoms with E-state index in [0.29, 0.717) is 23.5 Å². The van der Waals surface area contributed by atoms with Crippen LogP contribution in [0.1, 0.15) is 24.2 Å². The molecule has 170 valence electrons. The molecule has 1 aromatic heterocycles. The number of ether oxygens (including phenoxy) is 2. The highest BCUT2D eigenvalue weighted by atomic mass is 16.6. The first-order chi connectivity index (χ1) is 15.5. The number of para-hydroxylation sites is 2. The van der Waals surface area contributed by atoms with E-state index in [0.717, 1.165) is 30.7 Å². The van der Waals surface area contributed by atoms with Crippen molar-refractivity contribution in [1.82, 2.24) is 14.0 Å². The molecule has 32 heavy (non-hydrogen) atoms. The highest BCUT2D eigenvalue weighted by molar-refractivity contribution is 5.96. The van der Waals surface area contributed by atoms with Crippen molar-refractivity contribution in [3.63, 3.8) is 0 Å². The summed E-state index contributed by atoms with van der Waals surface area (Å²) in [6.45, 7) is 7.59. The number of methoxy groups -OCH3 is 1. The molecule has 0 aliphatic rings. The molecule has 1 N–H and O–H groups in total. The first-order valence-electron chi connectivity index (χ1n) is 10.8. The third-order valence-corrected chi connectivity index (χ3v) is 5.57. The van der Waals surface area contributed by atoms with E-state index in [1.807, 2.05) is 28.8 Å². The Morgan fingerprint density at radius 2 is 1.59 bits per heavy atom. The summed E-state index contributed by atoms with van der Waals surface area (Å²) in [6.07, 6.45) is 0. The molecule has 0 aliphatic carbocycles. The third kappa shape index (κ3) is 5.26. The molecule has 0 amide bonds. The number of hydrogen-bond acceptors (Lipinski definition) is 6. The van der Waals surface area contributed by atoms with Gasteiger partial charge in [-0.25, -0.2) is 4.79 Å². The van der Waals surface area contributed by atoms with E-state index in [4.69, 9.17) is 10.1 Å². The quantitative estimate of drug-likeness (QED) is 0.367. The van der Waals surface area contributed by atoms with Crippen LogP contribution in [-0.2, 0) is 22.6 Å². The van der Waals surface area contributed by atoms with Gasteiger partial charge in [-0.05, 0) is 49.5 Å². The Morgan fingerprint density at radius 3 is 2.19 bits per heavy atom. The smallest absolute Gasteiger partial charge is 0.343 e. The van der Waals surface area contributed by atoms with Crippen LogP contribution in [0.2, 0.25) is 0 Å². The lowest BCUT2D eigenvalue weighted by Crippen LogP contribution is -2.32. The molecule has 3 aromatic rings. The van der Waals surface area contributed by atoms with Crippen LogP contribution in [0.4, 0.5) is 0 Å². The van der Waals surface area contributed by atoms with Crippen LogP contribution < -0.4 is 10.4 Å². The first-order valence-corrected chi connectivity index (χ1v) is 10.8. The Labute approximate surface area is 187 Å². The molecular formula is C24H30N4O4. The molecule has 0 saturated heterocycles. The Balaban J connectivity index is 1.79. The van der Waals surface area contributed by atoms with Crippen LogP contribution >= 0.6 is 0 Å². The number of nitrogens with zero attached hydrogens (tertiary/aromatic N) is 3. The Bertz CT molecular complexity index is 1130. The van der Waals surface area contributed by atoms with Crippen LogP contribution in [0.25, 0.3) is 11.0 Å². The maximum absolute atomic E-state index is 13.0. The standard InChI is InChI=1S/C24H30N4O4/c1-4-26(5-2)14-15-27-20-8-6-7-9-21(20)28(24(27)25)16-22(29)18-10-12-19(13-11-18)32-17-23(30)31-3/h6-13,25H,4-5,14-17H2,1-3H3. The van der Waals surface area contributed by atoms with E-state index in [9.17, 15) is 9.59 Å². The number of benzene rings is 2. The Kier molecular flexibility index (Phi) is 7.83. The van der Waals surface area contributed by atoms with Crippen LogP contribution in [0.5, 0.6) is 5.75 Å². The van der Waals surface area contributed by atoms with Gasteiger partial charge < -0.3 is 23.5 Å². The normalized spacial score (nSPS) is 11.1. The van der Waals surface area contributed by atoms with E-state index in [2.05, 4.69) is 23.5 Å². The van der Waals surface area contributed by atoms with Gasteiger partial charge in [-0.3, -0.25) is 10.2 Å². The summed E-state index contributed by atoms with van der Waals surface area (Å²) in [4.78, 5) is 26.5. The molecule has 0 fully saturated rings. The number of nitrogens with one attached hydrogen (secondary N) is 1. The average molecular weight is 439 g/mol. The number of carbonyl (C=O) groups is 2. The lowest BCUT2D eigenvalue weighted by molar-refractivity contribution is -0.142. The van der Waals surface area contributed by atoms with Crippen molar-refractivity contribution in [2.24, 2.45) is 0 Å². The summed E-state index contributed by atoms with van der Waals surface area (Å²) in [5.41, 5.74) is 2.64. The maximum Gasteiger partial charge on any atom is 0.343 e. The molecule has 0 radical (unpaired) electrons. The molecule has 0 spiro atoms. The number of fused-ring (bicyclic) bond motifs is 1. The average Bonchev–Trinajstić information content (AvgIpc) is 3.09. The molecule has 3 rings (SSSR count).